The lowest BCUT2D eigenvalue weighted by atomic mass is 9.93. The molecule has 122 valence electrons. The maximum absolute atomic E-state index is 12.3. The Labute approximate surface area is 126 Å². The number of aliphatic carboxylic acids is 1. The highest BCUT2D eigenvalue weighted by Crippen LogP contribution is 2.24. The smallest absolute Gasteiger partial charge is 0.391 e. The van der Waals surface area contributed by atoms with Crippen LogP contribution in [0.1, 0.15) is 36.8 Å². The molecule has 4 nitrogen and oxygen atoms in total. The Kier molecular flexibility index (Phi) is 5.96. The highest BCUT2D eigenvalue weighted by Gasteiger charge is 2.36. The molecule has 0 saturated heterocycles. The van der Waals surface area contributed by atoms with Crippen LogP contribution in [-0.2, 0) is 9.59 Å². The third kappa shape index (κ3) is 5.75. The molecule has 0 aliphatic rings. The number of amides is 1. The van der Waals surface area contributed by atoms with Gasteiger partial charge in [-0.1, -0.05) is 31.2 Å². The number of carbonyl (C=O) groups excluding carboxylic acids is 1. The van der Waals surface area contributed by atoms with Crippen LogP contribution in [0.2, 0.25) is 0 Å². The van der Waals surface area contributed by atoms with E-state index in [1.165, 1.54) is 0 Å². The number of benzene rings is 1. The molecule has 1 aromatic rings. The molecule has 2 unspecified atom stereocenters. The van der Waals surface area contributed by atoms with Crippen molar-refractivity contribution in [3.63, 3.8) is 0 Å². The van der Waals surface area contributed by atoms with E-state index in [-0.39, 0.29) is 12.3 Å². The zero-order valence-corrected chi connectivity index (χ0v) is 12.3. The van der Waals surface area contributed by atoms with Crippen molar-refractivity contribution in [2.75, 3.05) is 0 Å². The summed E-state index contributed by atoms with van der Waals surface area (Å²) < 4.78 is 36.8. The molecule has 0 spiro atoms. The van der Waals surface area contributed by atoms with Crippen molar-refractivity contribution in [2.24, 2.45) is 0 Å². The second-order valence-corrected chi connectivity index (χ2v) is 5.24. The minimum Gasteiger partial charge on any atom is -0.480 e. The molecule has 0 aromatic heterocycles. The van der Waals surface area contributed by atoms with Gasteiger partial charge in [-0.3, -0.25) is 4.79 Å². The highest BCUT2D eigenvalue weighted by molar-refractivity contribution is 5.84. The first-order chi connectivity index (χ1) is 10.1. The minimum absolute atomic E-state index is 0.0769. The summed E-state index contributed by atoms with van der Waals surface area (Å²) in [7, 11) is 0. The first-order valence-corrected chi connectivity index (χ1v) is 6.74. The van der Waals surface area contributed by atoms with Crippen LogP contribution in [0.25, 0.3) is 0 Å². The quantitative estimate of drug-likeness (QED) is 0.847. The van der Waals surface area contributed by atoms with Gasteiger partial charge in [0.15, 0.2) is 0 Å². The Morgan fingerprint density at radius 2 is 1.86 bits per heavy atom. The number of hydrogen-bond donors (Lipinski definition) is 2. The second kappa shape index (κ2) is 7.29. The van der Waals surface area contributed by atoms with Gasteiger partial charge < -0.3 is 10.4 Å². The molecule has 1 rings (SSSR count). The fourth-order valence-electron chi connectivity index (χ4n) is 2.21. The standard InChI is InChI=1S/C15H18F3NO3/c1-9-5-3-4-6-11(9)10(2)7-13(20)19-12(14(21)22)8-15(16,17)18/h3-6,10,12H,7-8H2,1-2H3,(H,19,20)(H,21,22). The summed E-state index contributed by atoms with van der Waals surface area (Å²) in [5.41, 5.74) is 1.87. The molecule has 0 heterocycles. The average Bonchev–Trinajstić information content (AvgIpc) is 2.36. The van der Waals surface area contributed by atoms with Crippen LogP contribution in [0.4, 0.5) is 13.2 Å². The van der Waals surface area contributed by atoms with Gasteiger partial charge in [-0.15, -0.1) is 0 Å². The summed E-state index contributed by atoms with van der Waals surface area (Å²) in [6.45, 7) is 3.63. The molecule has 7 heteroatoms. The molecule has 0 radical (unpaired) electrons. The lowest BCUT2D eigenvalue weighted by Gasteiger charge is -2.18. The number of rotatable bonds is 6. The summed E-state index contributed by atoms with van der Waals surface area (Å²) in [6.07, 6.45) is -6.32. The van der Waals surface area contributed by atoms with Crippen LogP contribution in [-0.4, -0.2) is 29.2 Å². The fraction of sp³-hybridized carbons (Fsp3) is 0.467. The lowest BCUT2D eigenvalue weighted by molar-refractivity contribution is -0.160. The SMILES string of the molecule is Cc1ccccc1C(C)CC(=O)NC(CC(F)(F)F)C(=O)O. The summed E-state index contributed by atoms with van der Waals surface area (Å²) in [6, 6.07) is 5.39. The zero-order chi connectivity index (χ0) is 16.9. The molecule has 0 saturated carbocycles. The highest BCUT2D eigenvalue weighted by atomic mass is 19.4. The molecular weight excluding hydrogens is 299 g/mol. The van der Waals surface area contributed by atoms with Crippen LogP contribution in [0.3, 0.4) is 0 Å². The molecule has 22 heavy (non-hydrogen) atoms. The first-order valence-electron chi connectivity index (χ1n) is 6.74. The normalized spacial score (nSPS) is 14.2. The number of aryl methyl sites for hydroxylation is 1. The maximum atomic E-state index is 12.3. The second-order valence-electron chi connectivity index (χ2n) is 5.24. The van der Waals surface area contributed by atoms with E-state index in [0.717, 1.165) is 11.1 Å². The van der Waals surface area contributed by atoms with Gasteiger partial charge in [0.25, 0.3) is 0 Å². The van der Waals surface area contributed by atoms with Crippen LogP contribution in [0, 0.1) is 6.92 Å². The molecule has 0 fully saturated rings. The first kappa shape index (κ1) is 18.0. The summed E-state index contributed by atoms with van der Waals surface area (Å²) in [5, 5.41) is 10.7. The number of hydrogen-bond acceptors (Lipinski definition) is 2. The Balaban J connectivity index is 2.68. The molecule has 1 amide bonds. The van der Waals surface area contributed by atoms with E-state index < -0.39 is 30.5 Å². The molecule has 0 bridgehead atoms. The molecule has 0 aliphatic carbocycles. The van der Waals surface area contributed by atoms with Crippen molar-refractivity contribution in [3.8, 4) is 0 Å². The average molecular weight is 317 g/mol. The van der Waals surface area contributed by atoms with Gasteiger partial charge in [-0.2, -0.15) is 13.2 Å². The van der Waals surface area contributed by atoms with Crippen molar-refractivity contribution >= 4 is 11.9 Å². The van der Waals surface area contributed by atoms with Gasteiger partial charge in [0.1, 0.15) is 6.04 Å². The van der Waals surface area contributed by atoms with Crippen molar-refractivity contribution in [1.29, 1.82) is 0 Å². The number of halogens is 3. The zero-order valence-electron chi connectivity index (χ0n) is 12.3. The third-order valence-corrected chi connectivity index (χ3v) is 3.28. The van der Waals surface area contributed by atoms with E-state index in [1.807, 2.05) is 30.4 Å². The van der Waals surface area contributed by atoms with E-state index >= 15 is 0 Å². The van der Waals surface area contributed by atoms with Crippen LogP contribution < -0.4 is 5.32 Å². The van der Waals surface area contributed by atoms with Crippen molar-refractivity contribution in [3.05, 3.63) is 35.4 Å². The van der Waals surface area contributed by atoms with E-state index in [9.17, 15) is 22.8 Å². The number of carboxylic acids is 1. The van der Waals surface area contributed by atoms with Gasteiger partial charge in [0, 0.05) is 6.42 Å². The minimum atomic E-state index is -4.65. The molecule has 2 N–H and O–H groups in total. The number of nitrogens with one attached hydrogen (secondary N) is 1. The van der Waals surface area contributed by atoms with Crippen LogP contribution >= 0.6 is 0 Å². The van der Waals surface area contributed by atoms with Gasteiger partial charge >= 0.3 is 12.1 Å². The van der Waals surface area contributed by atoms with Gasteiger partial charge in [0.05, 0.1) is 6.42 Å². The van der Waals surface area contributed by atoms with Gasteiger partial charge in [-0.25, -0.2) is 4.79 Å². The van der Waals surface area contributed by atoms with Crippen molar-refractivity contribution in [1.82, 2.24) is 5.32 Å². The largest absolute Gasteiger partial charge is 0.480 e. The maximum Gasteiger partial charge on any atom is 0.391 e. The fourth-order valence-corrected chi connectivity index (χ4v) is 2.21. The Bertz CT molecular complexity index is 543. The Morgan fingerprint density at radius 1 is 1.27 bits per heavy atom. The lowest BCUT2D eigenvalue weighted by Crippen LogP contribution is -2.43. The van der Waals surface area contributed by atoms with E-state index in [4.69, 9.17) is 5.11 Å². The predicted molar refractivity (Wildman–Crippen MR) is 74.4 cm³/mol. The van der Waals surface area contributed by atoms with Gasteiger partial charge in [0.2, 0.25) is 5.91 Å². The van der Waals surface area contributed by atoms with Crippen LogP contribution in [0.5, 0.6) is 0 Å². The van der Waals surface area contributed by atoms with Crippen LogP contribution in [0.15, 0.2) is 24.3 Å². The summed E-state index contributed by atoms with van der Waals surface area (Å²) in [5.74, 6) is -2.64. The Morgan fingerprint density at radius 3 is 2.36 bits per heavy atom. The molecule has 0 aliphatic heterocycles. The van der Waals surface area contributed by atoms with E-state index in [1.54, 1.807) is 13.0 Å². The molecule has 1 aromatic carbocycles. The van der Waals surface area contributed by atoms with Crippen molar-refractivity contribution < 1.29 is 27.9 Å². The monoisotopic (exact) mass is 317 g/mol. The molecule has 2 atom stereocenters. The van der Waals surface area contributed by atoms with E-state index in [0.29, 0.717) is 0 Å². The van der Waals surface area contributed by atoms with Gasteiger partial charge in [-0.05, 0) is 24.0 Å². The number of alkyl halides is 3. The summed E-state index contributed by atoms with van der Waals surface area (Å²) in [4.78, 5) is 22.6. The number of carboxylic acid groups (broad SMARTS) is 1. The predicted octanol–water partition coefficient (Wildman–Crippen LogP) is 3.01. The van der Waals surface area contributed by atoms with Crippen molar-refractivity contribution in [2.45, 2.75) is 44.8 Å². The molecular formula is C15H18F3NO3. The topological polar surface area (TPSA) is 66.4 Å². The Hall–Kier alpha value is -2.05. The third-order valence-electron chi connectivity index (χ3n) is 3.28. The number of carbonyl (C=O) groups is 2. The summed E-state index contributed by atoms with van der Waals surface area (Å²) >= 11 is 0. The van der Waals surface area contributed by atoms with E-state index in [2.05, 4.69) is 0 Å².